The van der Waals surface area contributed by atoms with Crippen LogP contribution in [0.25, 0.3) is 0 Å². The van der Waals surface area contributed by atoms with Crippen LogP contribution in [0.4, 0.5) is 5.69 Å². The Kier molecular flexibility index (Phi) is 5.00. The fourth-order valence-electron chi connectivity index (χ4n) is 2.27. The predicted molar refractivity (Wildman–Crippen MR) is 83.8 cm³/mol. The summed E-state index contributed by atoms with van der Waals surface area (Å²) in [7, 11) is -3.02. The summed E-state index contributed by atoms with van der Waals surface area (Å²) >= 11 is 0. The summed E-state index contributed by atoms with van der Waals surface area (Å²) in [6, 6.07) is 8.03. The molecule has 1 heterocycles. The van der Waals surface area contributed by atoms with Crippen LogP contribution in [0, 0.1) is 5.92 Å². The molecule has 5 nitrogen and oxygen atoms in total. The van der Waals surface area contributed by atoms with E-state index in [0.29, 0.717) is 18.2 Å². The number of rotatable bonds is 5. The van der Waals surface area contributed by atoms with E-state index in [1.54, 1.807) is 0 Å². The fraction of sp³-hybridized carbons (Fsp3) is 0.533. The summed E-state index contributed by atoms with van der Waals surface area (Å²) in [6.45, 7) is 4.96. The second-order valence-corrected chi connectivity index (χ2v) is 8.05. The van der Waals surface area contributed by atoms with E-state index in [4.69, 9.17) is 0 Å². The molecule has 1 atom stereocenters. The Bertz CT molecular complexity index is 594. The van der Waals surface area contributed by atoms with Gasteiger partial charge in [-0.15, -0.1) is 0 Å². The first-order chi connectivity index (χ1) is 9.85. The summed E-state index contributed by atoms with van der Waals surface area (Å²) < 4.78 is 22.8. The number of hydrogen-bond acceptors (Lipinski definition) is 4. The minimum absolute atomic E-state index is 0.0325. The molecular formula is C15H22N2O3S. The molecule has 0 spiro atoms. The number of carbonyl (C=O) groups excluding carboxylic acids is 1. The molecule has 1 aromatic rings. The average molecular weight is 310 g/mol. The molecule has 1 aromatic carbocycles. The van der Waals surface area contributed by atoms with Crippen LogP contribution >= 0.6 is 0 Å². The molecule has 6 heteroatoms. The summed E-state index contributed by atoms with van der Waals surface area (Å²) in [4.78, 5) is 12.0. The molecule has 0 bridgehead atoms. The Morgan fingerprint density at radius 2 is 1.95 bits per heavy atom. The molecule has 1 saturated heterocycles. The van der Waals surface area contributed by atoms with Gasteiger partial charge in [-0.2, -0.15) is 0 Å². The van der Waals surface area contributed by atoms with Crippen LogP contribution in [0.15, 0.2) is 24.3 Å². The van der Waals surface area contributed by atoms with Crippen LogP contribution in [-0.4, -0.2) is 31.9 Å². The van der Waals surface area contributed by atoms with E-state index in [2.05, 4.69) is 24.5 Å². The van der Waals surface area contributed by atoms with Crippen LogP contribution in [0.1, 0.15) is 25.8 Å². The first kappa shape index (κ1) is 16.0. The summed E-state index contributed by atoms with van der Waals surface area (Å²) in [5, 5.41) is 6.11. The molecule has 1 aliphatic rings. The molecule has 1 aliphatic heterocycles. The third-order valence-electron chi connectivity index (χ3n) is 3.54. The summed E-state index contributed by atoms with van der Waals surface area (Å²) in [6.07, 6.45) is 0.421. The molecule has 21 heavy (non-hydrogen) atoms. The van der Waals surface area contributed by atoms with Gasteiger partial charge in [0.25, 0.3) is 0 Å². The number of anilines is 1. The first-order valence-electron chi connectivity index (χ1n) is 7.19. The highest BCUT2D eigenvalue weighted by atomic mass is 32.2. The number of benzene rings is 1. The SMILES string of the molecule is CC(C)NCc1ccc(NC(=O)C2CCS(=O)(=O)C2)cc1. The largest absolute Gasteiger partial charge is 0.326 e. The molecule has 2 N–H and O–H groups in total. The maximum absolute atomic E-state index is 12.0. The first-order valence-corrected chi connectivity index (χ1v) is 9.01. The zero-order chi connectivity index (χ0) is 15.5. The number of carbonyl (C=O) groups is 1. The van der Waals surface area contributed by atoms with Crippen molar-refractivity contribution >= 4 is 21.4 Å². The lowest BCUT2D eigenvalue weighted by molar-refractivity contribution is -0.119. The van der Waals surface area contributed by atoms with E-state index in [0.717, 1.165) is 12.1 Å². The Hall–Kier alpha value is -1.40. The molecule has 2 rings (SSSR count). The minimum atomic E-state index is -3.02. The van der Waals surface area contributed by atoms with Gasteiger partial charge in [-0.05, 0) is 24.1 Å². The van der Waals surface area contributed by atoms with E-state index in [1.807, 2.05) is 24.3 Å². The average Bonchev–Trinajstić information content (AvgIpc) is 2.78. The van der Waals surface area contributed by atoms with Gasteiger partial charge < -0.3 is 10.6 Å². The van der Waals surface area contributed by atoms with Gasteiger partial charge in [0.1, 0.15) is 0 Å². The van der Waals surface area contributed by atoms with Crippen molar-refractivity contribution in [1.82, 2.24) is 5.32 Å². The van der Waals surface area contributed by atoms with Gasteiger partial charge in [-0.3, -0.25) is 4.79 Å². The third-order valence-corrected chi connectivity index (χ3v) is 5.31. The van der Waals surface area contributed by atoms with Gasteiger partial charge in [0.2, 0.25) is 5.91 Å². The van der Waals surface area contributed by atoms with Crippen molar-refractivity contribution in [2.75, 3.05) is 16.8 Å². The molecule has 116 valence electrons. The van der Waals surface area contributed by atoms with E-state index >= 15 is 0 Å². The Morgan fingerprint density at radius 1 is 1.29 bits per heavy atom. The fourth-order valence-corrected chi connectivity index (χ4v) is 4.02. The van der Waals surface area contributed by atoms with Crippen molar-refractivity contribution in [2.24, 2.45) is 5.92 Å². The molecule has 0 aliphatic carbocycles. The molecule has 1 unspecified atom stereocenters. The van der Waals surface area contributed by atoms with Gasteiger partial charge in [-0.1, -0.05) is 26.0 Å². The van der Waals surface area contributed by atoms with Gasteiger partial charge in [0.05, 0.1) is 17.4 Å². The van der Waals surface area contributed by atoms with Crippen LogP contribution < -0.4 is 10.6 Å². The third kappa shape index (κ3) is 4.82. The van der Waals surface area contributed by atoms with Gasteiger partial charge in [0.15, 0.2) is 9.84 Å². The second kappa shape index (κ2) is 6.58. The van der Waals surface area contributed by atoms with E-state index < -0.39 is 15.8 Å². The van der Waals surface area contributed by atoms with Crippen molar-refractivity contribution in [3.63, 3.8) is 0 Å². The van der Waals surface area contributed by atoms with E-state index in [1.165, 1.54) is 0 Å². The number of sulfone groups is 1. The van der Waals surface area contributed by atoms with Gasteiger partial charge in [-0.25, -0.2) is 8.42 Å². The van der Waals surface area contributed by atoms with E-state index in [-0.39, 0.29) is 17.4 Å². The number of hydrogen-bond donors (Lipinski definition) is 2. The summed E-state index contributed by atoms with van der Waals surface area (Å²) in [5.74, 6) is -0.540. The topological polar surface area (TPSA) is 75.3 Å². The molecule has 1 amide bonds. The normalized spacial score (nSPS) is 20.6. The second-order valence-electron chi connectivity index (χ2n) is 5.82. The van der Waals surface area contributed by atoms with Crippen molar-refractivity contribution in [2.45, 2.75) is 32.9 Å². The molecule has 0 aromatic heterocycles. The Morgan fingerprint density at radius 3 is 2.48 bits per heavy atom. The van der Waals surface area contributed by atoms with Gasteiger partial charge in [0, 0.05) is 18.3 Å². The highest BCUT2D eigenvalue weighted by Gasteiger charge is 2.32. The predicted octanol–water partition coefficient (Wildman–Crippen LogP) is 1.56. The molecular weight excluding hydrogens is 288 g/mol. The van der Waals surface area contributed by atoms with Crippen molar-refractivity contribution in [3.05, 3.63) is 29.8 Å². The highest BCUT2D eigenvalue weighted by molar-refractivity contribution is 7.91. The minimum Gasteiger partial charge on any atom is -0.326 e. The maximum Gasteiger partial charge on any atom is 0.228 e. The van der Waals surface area contributed by atoms with Crippen molar-refractivity contribution in [1.29, 1.82) is 0 Å². The van der Waals surface area contributed by atoms with Crippen molar-refractivity contribution in [3.8, 4) is 0 Å². The number of amides is 1. The monoisotopic (exact) mass is 310 g/mol. The lowest BCUT2D eigenvalue weighted by Crippen LogP contribution is -2.24. The quantitative estimate of drug-likeness (QED) is 0.865. The highest BCUT2D eigenvalue weighted by Crippen LogP contribution is 2.20. The Labute approximate surface area is 126 Å². The molecule has 0 saturated carbocycles. The zero-order valence-electron chi connectivity index (χ0n) is 12.4. The van der Waals surface area contributed by atoms with Crippen LogP contribution in [0.3, 0.4) is 0 Å². The smallest absolute Gasteiger partial charge is 0.228 e. The van der Waals surface area contributed by atoms with Crippen LogP contribution in [0.2, 0.25) is 0 Å². The summed E-state index contributed by atoms with van der Waals surface area (Å²) in [5.41, 5.74) is 1.85. The lowest BCUT2D eigenvalue weighted by atomic mass is 10.1. The van der Waals surface area contributed by atoms with Crippen molar-refractivity contribution < 1.29 is 13.2 Å². The molecule has 0 radical (unpaired) electrons. The molecule has 1 fully saturated rings. The van der Waals surface area contributed by atoms with E-state index in [9.17, 15) is 13.2 Å². The maximum atomic E-state index is 12.0. The van der Waals surface area contributed by atoms with Gasteiger partial charge >= 0.3 is 0 Å². The van der Waals surface area contributed by atoms with Crippen LogP contribution in [-0.2, 0) is 21.2 Å². The lowest BCUT2D eigenvalue weighted by Gasteiger charge is -2.11. The zero-order valence-corrected chi connectivity index (χ0v) is 13.2. The number of nitrogens with one attached hydrogen (secondary N) is 2. The standard InChI is InChI=1S/C15H22N2O3S/c1-11(2)16-9-12-3-5-14(6-4-12)17-15(18)13-7-8-21(19,20)10-13/h3-6,11,13,16H,7-10H2,1-2H3,(H,17,18). The Balaban J connectivity index is 1.90. The van der Waals surface area contributed by atoms with Crippen LogP contribution in [0.5, 0.6) is 0 Å².